The van der Waals surface area contributed by atoms with E-state index in [4.69, 9.17) is 0 Å². The zero-order chi connectivity index (χ0) is 17.9. The molecular weight excluding hydrogens is 342 g/mol. The molecule has 0 saturated heterocycles. The molecule has 0 N–H and O–H groups in total. The number of nitrogens with zero attached hydrogens (tertiary/aromatic N) is 3. The van der Waals surface area contributed by atoms with Crippen molar-refractivity contribution in [1.29, 1.82) is 0 Å². The molecule has 1 unspecified atom stereocenters. The van der Waals surface area contributed by atoms with Gasteiger partial charge in [-0.05, 0) is 31.2 Å². The Kier molecular flexibility index (Phi) is 4.54. The van der Waals surface area contributed by atoms with Crippen molar-refractivity contribution < 1.29 is 4.79 Å². The van der Waals surface area contributed by atoms with E-state index in [0.29, 0.717) is 5.56 Å². The molecule has 0 aliphatic heterocycles. The van der Waals surface area contributed by atoms with E-state index in [2.05, 4.69) is 10.3 Å². The second-order valence-electron chi connectivity index (χ2n) is 6.04. The lowest BCUT2D eigenvalue weighted by Crippen LogP contribution is -2.18. The molecule has 128 valence electrons. The minimum absolute atomic E-state index is 0.00880. The average molecular weight is 359 g/mol. The molecule has 0 aliphatic rings. The van der Waals surface area contributed by atoms with Gasteiger partial charge < -0.3 is 0 Å². The fourth-order valence-electron chi connectivity index (χ4n) is 2.76. The molecule has 4 rings (SSSR count). The third-order valence-electron chi connectivity index (χ3n) is 4.15. The van der Waals surface area contributed by atoms with E-state index >= 15 is 0 Å². The van der Waals surface area contributed by atoms with Crippen molar-refractivity contribution in [3.8, 4) is 0 Å². The Labute approximate surface area is 155 Å². The largest absolute Gasteiger partial charge is 0.291 e. The zero-order valence-corrected chi connectivity index (χ0v) is 15.1. The van der Waals surface area contributed by atoms with Crippen molar-refractivity contribution in [3.63, 3.8) is 0 Å². The summed E-state index contributed by atoms with van der Waals surface area (Å²) in [6.07, 6.45) is 0. The number of ketones is 1. The summed E-state index contributed by atoms with van der Waals surface area (Å²) in [4.78, 5) is 14.3. The van der Waals surface area contributed by atoms with Crippen LogP contribution in [0, 0.1) is 6.92 Å². The summed E-state index contributed by atoms with van der Waals surface area (Å²) in [7, 11) is 0. The monoisotopic (exact) mass is 359 g/mol. The lowest BCUT2D eigenvalue weighted by Gasteiger charge is -2.16. The molecule has 3 aromatic carbocycles. The predicted molar refractivity (Wildman–Crippen MR) is 104 cm³/mol. The predicted octanol–water partition coefficient (Wildman–Crippen LogP) is 4.91. The minimum Gasteiger partial charge on any atom is -0.291 e. The third kappa shape index (κ3) is 3.26. The Morgan fingerprint density at radius 2 is 1.62 bits per heavy atom. The fraction of sp³-hybridized carbons (Fsp3) is 0.0952. The number of carbonyl (C=O) groups is 1. The zero-order valence-electron chi connectivity index (χ0n) is 14.2. The molecular formula is C21H17N3OS. The number of para-hydroxylation sites is 1. The number of thioether (sulfide) groups is 1. The molecule has 0 aliphatic carbocycles. The highest BCUT2D eigenvalue weighted by atomic mass is 32.2. The Bertz CT molecular complexity index is 1040. The van der Waals surface area contributed by atoms with Crippen LogP contribution in [0.25, 0.3) is 11.0 Å². The summed E-state index contributed by atoms with van der Waals surface area (Å²) in [6, 6.07) is 25.2. The third-order valence-corrected chi connectivity index (χ3v) is 5.33. The van der Waals surface area contributed by atoms with Gasteiger partial charge in [-0.25, -0.2) is 4.68 Å². The van der Waals surface area contributed by atoms with Crippen molar-refractivity contribution in [2.75, 3.05) is 0 Å². The van der Waals surface area contributed by atoms with Gasteiger partial charge in [0.2, 0.25) is 0 Å². The number of aromatic nitrogens is 3. The number of hydrogen-bond donors (Lipinski definition) is 0. The number of fused-ring (bicyclic) bond motifs is 1. The summed E-state index contributed by atoms with van der Waals surface area (Å²) in [5, 5.41) is 7.98. The first-order valence-electron chi connectivity index (χ1n) is 8.35. The van der Waals surface area contributed by atoms with Gasteiger partial charge in [0.05, 0.1) is 5.52 Å². The molecule has 0 radical (unpaired) electrons. The number of carbonyl (C=O) groups excluding carboxylic acids is 1. The summed E-state index contributed by atoms with van der Waals surface area (Å²) < 4.78 is 1.72. The van der Waals surface area contributed by atoms with Crippen LogP contribution in [-0.2, 0) is 0 Å². The summed E-state index contributed by atoms with van der Waals surface area (Å²) in [6.45, 7) is 2.01. The molecule has 0 bridgehead atoms. The molecule has 1 heterocycles. The van der Waals surface area contributed by atoms with Crippen LogP contribution in [-0.4, -0.2) is 20.8 Å². The van der Waals surface area contributed by atoms with Crippen LogP contribution in [0.5, 0.6) is 0 Å². The molecule has 5 heteroatoms. The molecule has 1 atom stereocenters. The van der Waals surface area contributed by atoms with Gasteiger partial charge in [0.1, 0.15) is 5.52 Å². The van der Waals surface area contributed by atoms with Crippen LogP contribution in [0.2, 0.25) is 0 Å². The van der Waals surface area contributed by atoms with Crippen LogP contribution in [0.4, 0.5) is 0 Å². The van der Waals surface area contributed by atoms with Gasteiger partial charge in [0.25, 0.3) is 0 Å². The minimum atomic E-state index is -0.521. The maximum atomic E-state index is 13.3. The van der Waals surface area contributed by atoms with Crippen molar-refractivity contribution in [3.05, 3.63) is 90.0 Å². The van der Waals surface area contributed by atoms with E-state index in [1.54, 1.807) is 4.68 Å². The van der Waals surface area contributed by atoms with Gasteiger partial charge in [0, 0.05) is 10.5 Å². The standard InChI is InChI=1S/C21H17N3OS/c1-15-11-13-16(14-12-15)20(25)21(26-17-7-3-2-4-8-17)24-19-10-6-5-9-18(19)22-23-24/h2-14,21H,1H3. The first-order valence-corrected chi connectivity index (χ1v) is 9.23. The second-order valence-corrected chi connectivity index (χ2v) is 7.19. The highest BCUT2D eigenvalue weighted by Gasteiger charge is 2.26. The van der Waals surface area contributed by atoms with Gasteiger partial charge in [-0.15, -0.1) is 5.10 Å². The van der Waals surface area contributed by atoms with E-state index < -0.39 is 5.37 Å². The van der Waals surface area contributed by atoms with E-state index in [-0.39, 0.29) is 5.78 Å². The van der Waals surface area contributed by atoms with Gasteiger partial charge in [-0.2, -0.15) is 0 Å². The van der Waals surface area contributed by atoms with E-state index in [1.165, 1.54) is 11.8 Å². The van der Waals surface area contributed by atoms with Gasteiger partial charge in [-0.3, -0.25) is 4.79 Å². The number of aryl methyl sites for hydroxylation is 1. The normalized spacial score (nSPS) is 12.2. The van der Waals surface area contributed by atoms with Gasteiger partial charge >= 0.3 is 0 Å². The molecule has 0 amide bonds. The smallest absolute Gasteiger partial charge is 0.198 e. The van der Waals surface area contributed by atoms with E-state index in [0.717, 1.165) is 21.5 Å². The molecule has 1 aromatic heterocycles. The lowest BCUT2D eigenvalue weighted by atomic mass is 10.1. The highest BCUT2D eigenvalue weighted by molar-refractivity contribution is 8.00. The number of Topliss-reactive ketones (excluding diaryl/α,β-unsaturated/α-hetero) is 1. The Morgan fingerprint density at radius 3 is 2.38 bits per heavy atom. The SMILES string of the molecule is Cc1ccc(C(=O)C(Sc2ccccc2)n2nnc3ccccc32)cc1. The van der Waals surface area contributed by atoms with Crippen LogP contribution in [0.15, 0.2) is 83.8 Å². The maximum Gasteiger partial charge on any atom is 0.198 e. The van der Waals surface area contributed by atoms with Crippen LogP contribution >= 0.6 is 11.8 Å². The van der Waals surface area contributed by atoms with E-state index in [9.17, 15) is 4.79 Å². The van der Waals surface area contributed by atoms with E-state index in [1.807, 2.05) is 85.8 Å². The number of hydrogen-bond acceptors (Lipinski definition) is 4. The van der Waals surface area contributed by atoms with Crippen LogP contribution < -0.4 is 0 Å². The van der Waals surface area contributed by atoms with Crippen LogP contribution in [0.3, 0.4) is 0 Å². The van der Waals surface area contributed by atoms with Crippen LogP contribution in [0.1, 0.15) is 21.3 Å². The Balaban J connectivity index is 1.78. The number of rotatable bonds is 5. The van der Waals surface area contributed by atoms with Crippen molar-refractivity contribution >= 4 is 28.6 Å². The summed E-state index contributed by atoms with van der Waals surface area (Å²) in [5.74, 6) is 0.00880. The molecule has 0 saturated carbocycles. The molecule has 0 spiro atoms. The van der Waals surface area contributed by atoms with Crippen molar-refractivity contribution in [2.24, 2.45) is 0 Å². The molecule has 0 fully saturated rings. The fourth-order valence-corrected chi connectivity index (χ4v) is 3.83. The van der Waals surface area contributed by atoms with Gasteiger partial charge in [0.15, 0.2) is 11.2 Å². The molecule has 26 heavy (non-hydrogen) atoms. The molecule has 4 nitrogen and oxygen atoms in total. The maximum absolute atomic E-state index is 13.3. The lowest BCUT2D eigenvalue weighted by molar-refractivity contribution is 0.0963. The first-order chi connectivity index (χ1) is 12.7. The Morgan fingerprint density at radius 1 is 0.923 bits per heavy atom. The average Bonchev–Trinajstić information content (AvgIpc) is 3.11. The second kappa shape index (κ2) is 7.14. The van der Waals surface area contributed by atoms with Crippen molar-refractivity contribution in [2.45, 2.75) is 17.2 Å². The number of benzene rings is 3. The quantitative estimate of drug-likeness (QED) is 0.375. The highest BCUT2D eigenvalue weighted by Crippen LogP contribution is 2.35. The summed E-state index contributed by atoms with van der Waals surface area (Å²) >= 11 is 1.48. The Hall–Kier alpha value is -2.92. The topological polar surface area (TPSA) is 47.8 Å². The molecule has 4 aromatic rings. The van der Waals surface area contributed by atoms with Gasteiger partial charge in [-0.1, -0.05) is 77.1 Å². The summed E-state index contributed by atoms with van der Waals surface area (Å²) in [5.41, 5.74) is 3.42. The van der Waals surface area contributed by atoms with Crippen molar-refractivity contribution in [1.82, 2.24) is 15.0 Å². The first kappa shape index (κ1) is 16.5.